The van der Waals surface area contributed by atoms with Gasteiger partial charge in [0.2, 0.25) is 0 Å². The average molecular weight is 545 g/mol. The minimum atomic E-state index is -0.279. The van der Waals surface area contributed by atoms with Crippen molar-refractivity contribution in [1.29, 1.82) is 0 Å². The van der Waals surface area contributed by atoms with Crippen LogP contribution in [0.25, 0.3) is 45.0 Å². The smallest absolute Gasteiger partial charge is 0.0708 e. The van der Waals surface area contributed by atoms with Crippen molar-refractivity contribution in [2.45, 2.75) is 38.5 Å². The van der Waals surface area contributed by atoms with Gasteiger partial charge in [-0.3, -0.25) is 19.9 Å². The van der Waals surface area contributed by atoms with Crippen LogP contribution in [0.5, 0.6) is 0 Å². The van der Waals surface area contributed by atoms with Crippen LogP contribution < -0.4 is 0 Å². The first kappa shape index (κ1) is 26.0. The monoisotopic (exact) mass is 544 g/mol. The topological polar surface area (TPSA) is 51.6 Å². The van der Waals surface area contributed by atoms with Gasteiger partial charge in [0.15, 0.2) is 0 Å². The van der Waals surface area contributed by atoms with E-state index in [1.807, 2.05) is 73.3 Å². The Morgan fingerprint density at radius 1 is 0.357 bits per heavy atom. The Kier molecular flexibility index (Phi) is 6.09. The van der Waals surface area contributed by atoms with Crippen LogP contribution in [0, 0.1) is 0 Å². The fourth-order valence-electron chi connectivity index (χ4n) is 6.49. The van der Waals surface area contributed by atoms with Gasteiger partial charge in [-0.2, -0.15) is 0 Å². The van der Waals surface area contributed by atoms with E-state index in [9.17, 15) is 0 Å². The second-order valence-electron chi connectivity index (χ2n) is 12.0. The summed E-state index contributed by atoms with van der Waals surface area (Å²) >= 11 is 0. The Balaban J connectivity index is 1.53. The maximum absolute atomic E-state index is 4.77. The molecule has 4 aromatic heterocycles. The first-order valence-electron chi connectivity index (χ1n) is 14.4. The Morgan fingerprint density at radius 3 is 0.786 bits per heavy atom. The summed E-state index contributed by atoms with van der Waals surface area (Å²) in [5, 5.41) is 0. The summed E-state index contributed by atoms with van der Waals surface area (Å²) < 4.78 is 0. The molecule has 0 saturated heterocycles. The summed E-state index contributed by atoms with van der Waals surface area (Å²) in [6.45, 7) is 9.35. The van der Waals surface area contributed by atoms with Crippen LogP contribution in [0.4, 0.5) is 0 Å². The standard InChI is InChI=1S/C38H32N4/c1-37(2)29-21-25(33-13-5-9-17-39-33)27(35-15-7-11-19-41-35)23-31(29)38(3,4)32-24-28(36-16-8-12-20-42-36)26(22-30(32)37)34-14-6-10-18-40-34/h5-24H,1-4H3. The summed E-state index contributed by atoms with van der Waals surface area (Å²) in [7, 11) is 0. The second kappa shape index (κ2) is 9.85. The Hall–Kier alpha value is -4.96. The summed E-state index contributed by atoms with van der Waals surface area (Å²) in [6.07, 6.45) is 7.44. The lowest BCUT2D eigenvalue weighted by Gasteiger charge is -2.45. The van der Waals surface area contributed by atoms with Crippen molar-refractivity contribution in [2.24, 2.45) is 0 Å². The first-order valence-corrected chi connectivity index (χ1v) is 14.4. The van der Waals surface area contributed by atoms with E-state index in [4.69, 9.17) is 19.9 Å². The molecule has 204 valence electrons. The maximum Gasteiger partial charge on any atom is 0.0708 e. The van der Waals surface area contributed by atoms with Crippen molar-refractivity contribution in [2.75, 3.05) is 0 Å². The van der Waals surface area contributed by atoms with Crippen LogP contribution in [0.15, 0.2) is 122 Å². The van der Waals surface area contributed by atoms with Gasteiger partial charge in [-0.1, -0.05) is 52.0 Å². The van der Waals surface area contributed by atoms with E-state index in [0.29, 0.717) is 0 Å². The largest absolute Gasteiger partial charge is 0.256 e. The van der Waals surface area contributed by atoms with Crippen molar-refractivity contribution in [3.8, 4) is 45.0 Å². The summed E-state index contributed by atoms with van der Waals surface area (Å²) in [4.78, 5) is 19.1. The van der Waals surface area contributed by atoms with Crippen LogP contribution in [0.3, 0.4) is 0 Å². The Labute approximate surface area is 247 Å². The molecule has 1 aliphatic carbocycles. The molecule has 6 aromatic rings. The molecular weight excluding hydrogens is 512 g/mol. The van der Waals surface area contributed by atoms with Gasteiger partial charge in [-0.15, -0.1) is 0 Å². The molecule has 0 unspecified atom stereocenters. The van der Waals surface area contributed by atoms with Crippen LogP contribution in [0.2, 0.25) is 0 Å². The van der Waals surface area contributed by atoms with Gasteiger partial charge >= 0.3 is 0 Å². The SMILES string of the molecule is CC1(C)c2cc(-c3ccccn3)c(-c3ccccn3)cc2C(C)(C)c2cc(-c3ccccn3)c(-c3ccccn3)cc21. The van der Waals surface area contributed by atoms with Crippen LogP contribution in [0.1, 0.15) is 49.9 Å². The van der Waals surface area contributed by atoms with Gasteiger partial charge in [0.1, 0.15) is 0 Å². The molecule has 0 aliphatic heterocycles. The highest BCUT2D eigenvalue weighted by Gasteiger charge is 2.43. The van der Waals surface area contributed by atoms with Crippen molar-refractivity contribution < 1.29 is 0 Å². The molecular formula is C38H32N4. The number of hydrogen-bond donors (Lipinski definition) is 0. The number of aromatic nitrogens is 4. The van der Waals surface area contributed by atoms with Crippen LogP contribution in [-0.4, -0.2) is 19.9 Å². The fraction of sp³-hybridized carbons (Fsp3) is 0.158. The van der Waals surface area contributed by atoms with E-state index in [1.165, 1.54) is 22.3 Å². The predicted octanol–water partition coefficient (Wildman–Crippen LogP) is 8.90. The molecule has 0 bridgehead atoms. The molecule has 0 saturated carbocycles. The minimum absolute atomic E-state index is 0.279. The van der Waals surface area contributed by atoms with Crippen LogP contribution >= 0.6 is 0 Å². The predicted molar refractivity (Wildman–Crippen MR) is 170 cm³/mol. The van der Waals surface area contributed by atoms with E-state index in [0.717, 1.165) is 45.0 Å². The summed E-state index contributed by atoms with van der Waals surface area (Å²) in [5.74, 6) is 0. The molecule has 4 heteroatoms. The van der Waals surface area contributed by atoms with E-state index in [1.54, 1.807) is 0 Å². The normalized spacial score (nSPS) is 14.6. The third kappa shape index (κ3) is 4.14. The minimum Gasteiger partial charge on any atom is -0.256 e. The Bertz CT molecular complexity index is 1620. The van der Waals surface area contributed by atoms with Gasteiger partial charge in [-0.05, 0) is 95.1 Å². The molecule has 0 amide bonds. The molecule has 2 aromatic carbocycles. The zero-order valence-corrected chi connectivity index (χ0v) is 24.3. The molecule has 1 aliphatic rings. The third-order valence-electron chi connectivity index (χ3n) is 8.77. The lowest BCUT2D eigenvalue weighted by molar-refractivity contribution is 0.521. The van der Waals surface area contributed by atoms with E-state index >= 15 is 0 Å². The van der Waals surface area contributed by atoms with Crippen molar-refractivity contribution in [1.82, 2.24) is 19.9 Å². The number of pyridine rings is 4. The van der Waals surface area contributed by atoms with E-state index in [2.05, 4.69) is 76.2 Å². The highest BCUT2D eigenvalue weighted by Crippen LogP contribution is 2.54. The van der Waals surface area contributed by atoms with Gasteiger partial charge in [0.05, 0.1) is 22.8 Å². The van der Waals surface area contributed by atoms with Crippen molar-refractivity contribution in [3.63, 3.8) is 0 Å². The molecule has 4 nitrogen and oxygen atoms in total. The summed E-state index contributed by atoms with van der Waals surface area (Å²) in [6, 6.07) is 33.8. The average Bonchev–Trinajstić information content (AvgIpc) is 3.04. The zero-order chi connectivity index (χ0) is 28.9. The van der Waals surface area contributed by atoms with Gasteiger partial charge < -0.3 is 0 Å². The molecule has 7 rings (SSSR count). The molecule has 0 fully saturated rings. The number of benzene rings is 2. The third-order valence-corrected chi connectivity index (χ3v) is 8.77. The molecule has 0 atom stereocenters. The molecule has 42 heavy (non-hydrogen) atoms. The number of nitrogens with zero attached hydrogens (tertiary/aromatic N) is 4. The number of hydrogen-bond acceptors (Lipinski definition) is 4. The first-order chi connectivity index (χ1) is 20.4. The lowest BCUT2D eigenvalue weighted by atomic mass is 9.58. The molecule has 4 heterocycles. The second-order valence-corrected chi connectivity index (χ2v) is 12.0. The lowest BCUT2D eigenvalue weighted by Crippen LogP contribution is -2.37. The van der Waals surface area contributed by atoms with E-state index in [-0.39, 0.29) is 10.8 Å². The van der Waals surface area contributed by atoms with Gasteiger partial charge in [-0.25, -0.2) is 0 Å². The molecule has 0 radical (unpaired) electrons. The van der Waals surface area contributed by atoms with E-state index < -0.39 is 0 Å². The maximum atomic E-state index is 4.77. The quantitative estimate of drug-likeness (QED) is 0.222. The molecule has 0 N–H and O–H groups in total. The number of fused-ring (bicyclic) bond motifs is 2. The van der Waals surface area contributed by atoms with Crippen molar-refractivity contribution in [3.05, 3.63) is 144 Å². The highest BCUT2D eigenvalue weighted by atomic mass is 14.7. The highest BCUT2D eigenvalue weighted by molar-refractivity contribution is 5.86. The van der Waals surface area contributed by atoms with Crippen LogP contribution in [-0.2, 0) is 10.8 Å². The van der Waals surface area contributed by atoms with Gasteiger partial charge in [0.25, 0.3) is 0 Å². The van der Waals surface area contributed by atoms with Crippen molar-refractivity contribution >= 4 is 0 Å². The Morgan fingerprint density at radius 2 is 0.595 bits per heavy atom. The summed E-state index contributed by atoms with van der Waals surface area (Å²) in [5.41, 5.74) is 12.8. The fourth-order valence-corrected chi connectivity index (χ4v) is 6.49. The number of rotatable bonds is 4. The zero-order valence-electron chi connectivity index (χ0n) is 24.3. The van der Waals surface area contributed by atoms with Gasteiger partial charge in [0, 0.05) is 57.9 Å². The molecule has 0 spiro atoms.